The second kappa shape index (κ2) is 6.13. The van der Waals surface area contributed by atoms with E-state index in [9.17, 15) is 8.42 Å². The number of nitrogens with zero attached hydrogens (tertiary/aromatic N) is 1. The Bertz CT molecular complexity index is 322. The number of nitrogens with one attached hydrogen (secondary N) is 1. The minimum Gasteiger partial charge on any atom is -0.328 e. The molecule has 0 radical (unpaired) electrons. The molecule has 1 fully saturated rings. The highest BCUT2D eigenvalue weighted by Gasteiger charge is 2.31. The van der Waals surface area contributed by atoms with Gasteiger partial charge in [0, 0.05) is 24.7 Å². The van der Waals surface area contributed by atoms with E-state index in [1.165, 1.54) is 0 Å². The molecule has 0 heterocycles. The SMILES string of the molecule is CCN(C1CCC(N)CC1)S(=O)(=O)NC(C)C. The maximum atomic E-state index is 12.1. The molecule has 1 aliphatic carbocycles. The van der Waals surface area contributed by atoms with Crippen molar-refractivity contribution in [3.8, 4) is 0 Å². The molecule has 1 aliphatic rings. The van der Waals surface area contributed by atoms with Crippen LogP contribution in [0.4, 0.5) is 0 Å². The standard InChI is InChI=1S/C11H25N3O2S/c1-4-14(17(15,16)13-9(2)3)11-7-5-10(12)6-8-11/h9-11,13H,4-8,12H2,1-3H3. The lowest BCUT2D eigenvalue weighted by atomic mass is 9.92. The van der Waals surface area contributed by atoms with E-state index < -0.39 is 10.2 Å². The molecule has 0 aromatic carbocycles. The minimum atomic E-state index is -3.35. The van der Waals surface area contributed by atoms with Crippen LogP contribution in [0.5, 0.6) is 0 Å². The quantitative estimate of drug-likeness (QED) is 0.771. The van der Waals surface area contributed by atoms with Crippen molar-refractivity contribution in [1.82, 2.24) is 9.03 Å². The molecule has 1 rings (SSSR count). The van der Waals surface area contributed by atoms with E-state index >= 15 is 0 Å². The molecule has 17 heavy (non-hydrogen) atoms. The van der Waals surface area contributed by atoms with Crippen molar-refractivity contribution in [2.75, 3.05) is 6.54 Å². The van der Waals surface area contributed by atoms with Gasteiger partial charge in [-0.1, -0.05) is 6.92 Å². The summed E-state index contributed by atoms with van der Waals surface area (Å²) in [5, 5.41) is 0. The second-order valence-corrected chi connectivity index (χ2v) is 6.70. The molecule has 102 valence electrons. The van der Waals surface area contributed by atoms with Gasteiger partial charge in [-0.2, -0.15) is 17.4 Å². The predicted molar refractivity (Wildman–Crippen MR) is 69.8 cm³/mol. The number of hydrogen-bond donors (Lipinski definition) is 2. The molecule has 6 heteroatoms. The molecule has 0 spiro atoms. The van der Waals surface area contributed by atoms with Crippen molar-refractivity contribution in [2.24, 2.45) is 5.73 Å². The summed E-state index contributed by atoms with van der Waals surface area (Å²) in [6, 6.07) is 0.279. The lowest BCUT2D eigenvalue weighted by Gasteiger charge is -2.34. The van der Waals surface area contributed by atoms with E-state index in [2.05, 4.69) is 4.72 Å². The van der Waals surface area contributed by atoms with Crippen molar-refractivity contribution in [3.05, 3.63) is 0 Å². The minimum absolute atomic E-state index is 0.0695. The third-order valence-corrected chi connectivity index (χ3v) is 5.10. The van der Waals surface area contributed by atoms with Gasteiger partial charge >= 0.3 is 0 Å². The first kappa shape index (κ1) is 14.9. The number of hydrogen-bond acceptors (Lipinski definition) is 3. The highest BCUT2D eigenvalue weighted by molar-refractivity contribution is 7.87. The fraction of sp³-hybridized carbons (Fsp3) is 1.00. The molecular formula is C11H25N3O2S. The molecule has 1 saturated carbocycles. The zero-order valence-electron chi connectivity index (χ0n) is 11.0. The third-order valence-electron chi connectivity index (χ3n) is 3.15. The first-order valence-corrected chi connectivity index (χ1v) is 7.85. The summed E-state index contributed by atoms with van der Waals surface area (Å²) in [6.45, 7) is 6.07. The summed E-state index contributed by atoms with van der Waals surface area (Å²) in [7, 11) is -3.35. The first-order chi connectivity index (χ1) is 7.86. The Balaban J connectivity index is 2.70. The average Bonchev–Trinajstić information content (AvgIpc) is 2.19. The highest BCUT2D eigenvalue weighted by Crippen LogP contribution is 2.23. The van der Waals surface area contributed by atoms with Gasteiger partial charge in [0.1, 0.15) is 0 Å². The van der Waals surface area contributed by atoms with Gasteiger partial charge in [-0.05, 0) is 39.5 Å². The predicted octanol–water partition coefficient (Wildman–Crippen LogP) is 0.821. The maximum Gasteiger partial charge on any atom is 0.279 e. The molecule has 0 aromatic heterocycles. The fourth-order valence-corrected chi connectivity index (χ4v) is 4.05. The van der Waals surface area contributed by atoms with Crippen LogP contribution in [-0.4, -0.2) is 37.4 Å². The molecule has 0 amide bonds. The lowest BCUT2D eigenvalue weighted by Crippen LogP contribution is -2.50. The van der Waals surface area contributed by atoms with Crippen LogP contribution in [0.3, 0.4) is 0 Å². The van der Waals surface area contributed by atoms with Crippen LogP contribution in [0.25, 0.3) is 0 Å². The summed E-state index contributed by atoms with van der Waals surface area (Å²) >= 11 is 0. The molecule has 0 aliphatic heterocycles. The summed E-state index contributed by atoms with van der Waals surface area (Å²) in [6.07, 6.45) is 3.57. The Morgan fingerprint density at radius 1 is 1.29 bits per heavy atom. The molecule has 0 saturated heterocycles. The number of rotatable bonds is 5. The molecule has 5 nitrogen and oxygen atoms in total. The van der Waals surface area contributed by atoms with E-state index in [1.807, 2.05) is 20.8 Å². The van der Waals surface area contributed by atoms with Crippen LogP contribution in [0.2, 0.25) is 0 Å². The van der Waals surface area contributed by atoms with Crippen LogP contribution < -0.4 is 10.5 Å². The van der Waals surface area contributed by atoms with E-state index in [0.717, 1.165) is 25.7 Å². The van der Waals surface area contributed by atoms with Gasteiger partial charge in [0.2, 0.25) is 0 Å². The van der Waals surface area contributed by atoms with Gasteiger partial charge in [0.15, 0.2) is 0 Å². The van der Waals surface area contributed by atoms with E-state index in [-0.39, 0.29) is 18.1 Å². The topological polar surface area (TPSA) is 75.4 Å². The third kappa shape index (κ3) is 4.21. The summed E-state index contributed by atoms with van der Waals surface area (Å²) in [5.74, 6) is 0. The van der Waals surface area contributed by atoms with Crippen LogP contribution in [0, 0.1) is 0 Å². The van der Waals surface area contributed by atoms with Crippen LogP contribution in [0.1, 0.15) is 46.5 Å². The molecule has 0 atom stereocenters. The Hall–Kier alpha value is -0.170. The van der Waals surface area contributed by atoms with Gasteiger partial charge in [0.05, 0.1) is 0 Å². The average molecular weight is 263 g/mol. The monoisotopic (exact) mass is 263 g/mol. The van der Waals surface area contributed by atoms with E-state index in [0.29, 0.717) is 6.54 Å². The summed E-state index contributed by atoms with van der Waals surface area (Å²) < 4.78 is 28.5. The molecule has 3 N–H and O–H groups in total. The van der Waals surface area contributed by atoms with Crippen molar-refractivity contribution >= 4 is 10.2 Å². The maximum absolute atomic E-state index is 12.1. The molecule has 0 aromatic rings. The lowest BCUT2D eigenvalue weighted by molar-refractivity contribution is 0.244. The Kier molecular flexibility index (Phi) is 5.37. The van der Waals surface area contributed by atoms with Crippen LogP contribution in [0.15, 0.2) is 0 Å². The first-order valence-electron chi connectivity index (χ1n) is 6.41. The fourth-order valence-electron chi connectivity index (χ4n) is 2.38. The highest BCUT2D eigenvalue weighted by atomic mass is 32.2. The largest absolute Gasteiger partial charge is 0.328 e. The zero-order valence-corrected chi connectivity index (χ0v) is 11.8. The Morgan fingerprint density at radius 2 is 1.82 bits per heavy atom. The normalized spacial score (nSPS) is 26.7. The molecular weight excluding hydrogens is 238 g/mol. The van der Waals surface area contributed by atoms with Crippen molar-refractivity contribution in [1.29, 1.82) is 0 Å². The van der Waals surface area contributed by atoms with Gasteiger partial charge in [-0.25, -0.2) is 0 Å². The Labute approximate surface area is 105 Å². The van der Waals surface area contributed by atoms with Crippen LogP contribution in [-0.2, 0) is 10.2 Å². The number of nitrogens with two attached hydrogens (primary N) is 1. The molecule has 0 unspecified atom stereocenters. The summed E-state index contributed by atoms with van der Waals surface area (Å²) in [5.41, 5.74) is 5.84. The van der Waals surface area contributed by atoms with Crippen molar-refractivity contribution in [2.45, 2.75) is 64.6 Å². The van der Waals surface area contributed by atoms with Crippen molar-refractivity contribution in [3.63, 3.8) is 0 Å². The Morgan fingerprint density at radius 3 is 2.24 bits per heavy atom. The van der Waals surface area contributed by atoms with E-state index in [1.54, 1.807) is 4.31 Å². The smallest absolute Gasteiger partial charge is 0.279 e. The van der Waals surface area contributed by atoms with Gasteiger partial charge < -0.3 is 5.73 Å². The second-order valence-electron chi connectivity index (χ2n) is 5.05. The van der Waals surface area contributed by atoms with Gasteiger partial charge in [0.25, 0.3) is 10.2 Å². The van der Waals surface area contributed by atoms with Gasteiger partial charge in [-0.3, -0.25) is 0 Å². The molecule has 0 bridgehead atoms. The van der Waals surface area contributed by atoms with Crippen molar-refractivity contribution < 1.29 is 8.42 Å². The van der Waals surface area contributed by atoms with Gasteiger partial charge in [-0.15, -0.1) is 0 Å². The zero-order chi connectivity index (χ0) is 13.1. The van der Waals surface area contributed by atoms with Crippen LogP contribution >= 0.6 is 0 Å². The van der Waals surface area contributed by atoms with E-state index in [4.69, 9.17) is 5.73 Å². The summed E-state index contributed by atoms with van der Waals surface area (Å²) in [4.78, 5) is 0.